The van der Waals surface area contributed by atoms with E-state index in [1.54, 1.807) is 16.8 Å². The first kappa shape index (κ1) is 16.0. The highest BCUT2D eigenvalue weighted by molar-refractivity contribution is 6.44. The predicted octanol–water partition coefficient (Wildman–Crippen LogP) is 4.69. The van der Waals surface area contributed by atoms with Crippen LogP contribution >= 0.6 is 34.8 Å². The van der Waals surface area contributed by atoms with E-state index in [4.69, 9.17) is 40.5 Å². The van der Waals surface area contributed by atoms with E-state index in [-0.39, 0.29) is 5.91 Å². The maximum atomic E-state index is 12.3. The third-order valence-electron chi connectivity index (χ3n) is 2.87. The van der Waals surface area contributed by atoms with Crippen LogP contribution in [-0.4, -0.2) is 10.5 Å². The number of amides is 1. The van der Waals surface area contributed by atoms with Crippen molar-refractivity contribution in [2.45, 2.75) is 19.9 Å². The van der Waals surface area contributed by atoms with Gasteiger partial charge >= 0.3 is 0 Å². The molecule has 0 atom stereocenters. The molecule has 2 aromatic rings. The van der Waals surface area contributed by atoms with Crippen LogP contribution in [0.1, 0.15) is 23.8 Å². The summed E-state index contributed by atoms with van der Waals surface area (Å²) in [5.41, 5.74) is 7.16. The van der Waals surface area contributed by atoms with Crippen LogP contribution in [0.15, 0.2) is 24.4 Å². The minimum absolute atomic E-state index is 0.305. The summed E-state index contributed by atoms with van der Waals surface area (Å²) in [5, 5.41) is 3.69. The first-order valence-electron chi connectivity index (χ1n) is 6.34. The quantitative estimate of drug-likeness (QED) is 0.789. The Morgan fingerprint density at radius 1 is 1.19 bits per heavy atom. The Bertz CT molecular complexity index is 682. The van der Waals surface area contributed by atoms with E-state index in [0.29, 0.717) is 38.7 Å². The summed E-state index contributed by atoms with van der Waals surface area (Å²) in [5.74, 6) is -0.305. The standard InChI is InChI=1S/C14H14Cl3N3O/c1-2-3-20-7-8(18)4-13(20)14(21)19-12-6-10(16)9(15)5-11(12)17/h4-7H,2-3,18H2,1H3,(H,19,21). The number of nitrogens with two attached hydrogens (primary N) is 1. The highest BCUT2D eigenvalue weighted by Crippen LogP contribution is 2.32. The van der Waals surface area contributed by atoms with Crippen LogP contribution in [0.2, 0.25) is 15.1 Å². The Labute approximate surface area is 137 Å². The lowest BCUT2D eigenvalue weighted by molar-refractivity contribution is 0.101. The van der Waals surface area contributed by atoms with Crippen molar-refractivity contribution in [1.82, 2.24) is 4.57 Å². The molecule has 0 saturated heterocycles. The molecular weight excluding hydrogens is 333 g/mol. The van der Waals surface area contributed by atoms with Gasteiger partial charge in [-0.25, -0.2) is 0 Å². The second-order valence-corrected chi connectivity index (χ2v) is 5.77. The fraction of sp³-hybridized carbons (Fsp3) is 0.214. The Hall–Kier alpha value is -1.36. The van der Waals surface area contributed by atoms with E-state index in [9.17, 15) is 4.79 Å². The van der Waals surface area contributed by atoms with Gasteiger partial charge in [-0.15, -0.1) is 0 Å². The molecule has 0 aliphatic heterocycles. The third-order valence-corrected chi connectivity index (χ3v) is 3.91. The van der Waals surface area contributed by atoms with Gasteiger partial charge in [0, 0.05) is 12.7 Å². The lowest BCUT2D eigenvalue weighted by Gasteiger charge is -2.10. The molecule has 0 fully saturated rings. The number of nitrogen functional groups attached to an aromatic ring is 1. The number of hydrogen-bond donors (Lipinski definition) is 2. The van der Waals surface area contributed by atoms with Crippen molar-refractivity contribution in [2.75, 3.05) is 11.1 Å². The molecule has 1 aromatic carbocycles. The number of anilines is 2. The number of carbonyl (C=O) groups excluding carboxylic acids is 1. The van der Waals surface area contributed by atoms with E-state index in [0.717, 1.165) is 6.42 Å². The second kappa shape index (κ2) is 6.60. The maximum Gasteiger partial charge on any atom is 0.272 e. The molecule has 2 rings (SSSR count). The minimum atomic E-state index is -0.305. The molecular formula is C14H14Cl3N3O. The van der Waals surface area contributed by atoms with Crippen LogP contribution in [-0.2, 0) is 6.54 Å². The summed E-state index contributed by atoms with van der Waals surface area (Å²) in [4.78, 5) is 12.3. The summed E-state index contributed by atoms with van der Waals surface area (Å²) in [7, 11) is 0. The first-order valence-corrected chi connectivity index (χ1v) is 7.47. The average Bonchev–Trinajstić information content (AvgIpc) is 2.77. The summed E-state index contributed by atoms with van der Waals surface area (Å²) >= 11 is 17.8. The van der Waals surface area contributed by atoms with Gasteiger partial charge in [-0.3, -0.25) is 4.79 Å². The number of nitrogens with one attached hydrogen (secondary N) is 1. The Kier molecular flexibility index (Phi) is 5.04. The number of aryl methyl sites for hydroxylation is 1. The molecule has 0 saturated carbocycles. The number of carbonyl (C=O) groups is 1. The van der Waals surface area contributed by atoms with Crippen molar-refractivity contribution in [3.05, 3.63) is 45.2 Å². The molecule has 1 amide bonds. The van der Waals surface area contributed by atoms with E-state index >= 15 is 0 Å². The largest absolute Gasteiger partial charge is 0.397 e. The van der Waals surface area contributed by atoms with Crippen molar-refractivity contribution in [3.8, 4) is 0 Å². The van der Waals surface area contributed by atoms with Crippen LogP contribution in [0.3, 0.4) is 0 Å². The van der Waals surface area contributed by atoms with Crippen LogP contribution in [0.5, 0.6) is 0 Å². The van der Waals surface area contributed by atoms with Gasteiger partial charge in [0.1, 0.15) is 5.69 Å². The molecule has 3 N–H and O–H groups in total. The topological polar surface area (TPSA) is 60.0 Å². The van der Waals surface area contributed by atoms with Gasteiger partial charge in [0.05, 0.1) is 26.4 Å². The van der Waals surface area contributed by atoms with E-state index in [1.807, 2.05) is 6.92 Å². The van der Waals surface area contributed by atoms with Gasteiger partial charge < -0.3 is 15.6 Å². The molecule has 0 radical (unpaired) electrons. The van der Waals surface area contributed by atoms with Gasteiger partial charge in [0.15, 0.2) is 0 Å². The number of rotatable bonds is 4. The van der Waals surface area contributed by atoms with Crippen LogP contribution in [0, 0.1) is 0 Å². The van der Waals surface area contributed by atoms with Gasteiger partial charge in [-0.05, 0) is 24.6 Å². The smallest absolute Gasteiger partial charge is 0.272 e. The van der Waals surface area contributed by atoms with Crippen molar-refractivity contribution in [2.24, 2.45) is 0 Å². The van der Waals surface area contributed by atoms with Gasteiger partial charge in [0.2, 0.25) is 0 Å². The fourth-order valence-corrected chi connectivity index (χ4v) is 2.55. The number of nitrogens with zero attached hydrogens (tertiary/aromatic N) is 1. The summed E-state index contributed by atoms with van der Waals surface area (Å²) in [6.07, 6.45) is 2.62. The molecule has 21 heavy (non-hydrogen) atoms. The number of benzene rings is 1. The Morgan fingerprint density at radius 2 is 1.86 bits per heavy atom. The lowest BCUT2D eigenvalue weighted by Crippen LogP contribution is -2.17. The number of halogens is 3. The van der Waals surface area contributed by atoms with Crippen LogP contribution < -0.4 is 11.1 Å². The van der Waals surface area contributed by atoms with E-state index in [1.165, 1.54) is 12.1 Å². The molecule has 1 aromatic heterocycles. The lowest BCUT2D eigenvalue weighted by atomic mass is 10.3. The zero-order valence-corrected chi connectivity index (χ0v) is 13.6. The first-order chi connectivity index (χ1) is 9.92. The Balaban J connectivity index is 2.28. The summed E-state index contributed by atoms with van der Waals surface area (Å²) in [6.45, 7) is 2.72. The number of hydrogen-bond acceptors (Lipinski definition) is 2. The van der Waals surface area contributed by atoms with Crippen molar-refractivity contribution >= 4 is 52.1 Å². The monoisotopic (exact) mass is 345 g/mol. The van der Waals surface area contributed by atoms with Crippen molar-refractivity contribution in [3.63, 3.8) is 0 Å². The van der Waals surface area contributed by atoms with Crippen molar-refractivity contribution < 1.29 is 4.79 Å². The molecule has 7 heteroatoms. The molecule has 0 aliphatic carbocycles. The number of aromatic nitrogens is 1. The molecule has 112 valence electrons. The molecule has 1 heterocycles. The van der Waals surface area contributed by atoms with Crippen LogP contribution in [0.4, 0.5) is 11.4 Å². The molecule has 0 spiro atoms. The van der Waals surface area contributed by atoms with Crippen LogP contribution in [0.25, 0.3) is 0 Å². The second-order valence-electron chi connectivity index (χ2n) is 4.55. The highest BCUT2D eigenvalue weighted by Gasteiger charge is 2.15. The molecule has 4 nitrogen and oxygen atoms in total. The predicted molar refractivity (Wildman–Crippen MR) is 88.6 cm³/mol. The van der Waals surface area contributed by atoms with Gasteiger partial charge in [-0.1, -0.05) is 41.7 Å². The molecule has 0 aliphatic rings. The van der Waals surface area contributed by atoms with Crippen molar-refractivity contribution in [1.29, 1.82) is 0 Å². The highest BCUT2D eigenvalue weighted by atomic mass is 35.5. The van der Waals surface area contributed by atoms with Gasteiger partial charge in [-0.2, -0.15) is 0 Å². The summed E-state index contributed by atoms with van der Waals surface area (Å²) in [6, 6.07) is 4.62. The summed E-state index contributed by atoms with van der Waals surface area (Å²) < 4.78 is 1.80. The third kappa shape index (κ3) is 3.64. The fourth-order valence-electron chi connectivity index (χ4n) is 1.95. The maximum absolute atomic E-state index is 12.3. The zero-order valence-electron chi connectivity index (χ0n) is 11.3. The van der Waals surface area contributed by atoms with E-state index in [2.05, 4.69) is 5.32 Å². The molecule has 0 unspecified atom stereocenters. The molecule has 0 bridgehead atoms. The Morgan fingerprint density at radius 3 is 2.52 bits per heavy atom. The SMILES string of the molecule is CCCn1cc(N)cc1C(=O)Nc1cc(Cl)c(Cl)cc1Cl. The van der Waals surface area contributed by atoms with E-state index < -0.39 is 0 Å². The minimum Gasteiger partial charge on any atom is -0.397 e. The zero-order chi connectivity index (χ0) is 15.6. The normalized spacial score (nSPS) is 10.7. The van der Waals surface area contributed by atoms with Gasteiger partial charge in [0.25, 0.3) is 5.91 Å². The average molecular weight is 347 g/mol.